The Morgan fingerprint density at radius 2 is 1.93 bits per heavy atom. The Kier molecular flexibility index (Phi) is 6.57. The predicted molar refractivity (Wildman–Crippen MR) is 64.6 cm³/mol. The largest absolute Gasteiger partial charge is 0.356 e. The van der Waals surface area contributed by atoms with Gasteiger partial charge in [-0.1, -0.05) is 13.8 Å². The van der Waals surface area contributed by atoms with Crippen LogP contribution in [-0.2, 0) is 4.79 Å². The maximum absolute atomic E-state index is 11.5. The van der Waals surface area contributed by atoms with Crippen LogP contribution in [0.2, 0.25) is 0 Å². The van der Waals surface area contributed by atoms with E-state index in [9.17, 15) is 4.79 Å². The minimum absolute atomic E-state index is 0.152. The van der Waals surface area contributed by atoms with E-state index in [1.165, 1.54) is 0 Å². The fraction of sp³-hybridized carbons (Fsp3) is 0.917. The average Bonchev–Trinajstić information content (AvgIpc) is 2.22. The molecule has 0 aromatic heterocycles. The van der Waals surface area contributed by atoms with E-state index >= 15 is 0 Å². The Morgan fingerprint density at radius 1 is 1.33 bits per heavy atom. The Hall–Kier alpha value is -0.570. The molecule has 0 fully saturated rings. The third kappa shape index (κ3) is 6.50. The molecule has 0 aliphatic rings. The summed E-state index contributed by atoms with van der Waals surface area (Å²) in [6.45, 7) is 9.28. The molecule has 0 spiro atoms. The second-order valence-corrected chi connectivity index (χ2v) is 4.93. The van der Waals surface area contributed by atoms with Crippen molar-refractivity contribution < 1.29 is 9.28 Å². The van der Waals surface area contributed by atoms with Crippen molar-refractivity contribution in [2.45, 2.75) is 33.6 Å². The summed E-state index contributed by atoms with van der Waals surface area (Å²) in [5.41, 5.74) is 0. The second-order valence-electron chi connectivity index (χ2n) is 4.93. The molecule has 0 aromatic rings. The van der Waals surface area contributed by atoms with Gasteiger partial charge in [-0.05, 0) is 13.3 Å². The number of carbonyl (C=O) groups is 1. The predicted octanol–water partition coefficient (Wildman–Crippen LogP) is 1.64. The number of carbonyl (C=O) groups excluding carboxylic acids is 1. The number of hydrogen-bond donors (Lipinski definition) is 1. The smallest absolute Gasteiger partial charge is 0.222 e. The Morgan fingerprint density at radius 3 is 2.40 bits per heavy atom. The lowest BCUT2D eigenvalue weighted by Gasteiger charge is -2.28. The van der Waals surface area contributed by atoms with Gasteiger partial charge in [-0.3, -0.25) is 4.79 Å². The molecular formula is C12H27N2O+. The Labute approximate surface area is 94.4 Å². The monoisotopic (exact) mass is 215 g/mol. The van der Waals surface area contributed by atoms with Gasteiger partial charge >= 0.3 is 0 Å². The van der Waals surface area contributed by atoms with Crippen molar-refractivity contribution in [3.05, 3.63) is 0 Å². The first-order valence-corrected chi connectivity index (χ1v) is 6.02. The lowest BCUT2D eigenvalue weighted by molar-refractivity contribution is -0.888. The highest BCUT2D eigenvalue weighted by Gasteiger charge is 2.12. The zero-order valence-electron chi connectivity index (χ0n) is 11.0. The lowest BCUT2D eigenvalue weighted by atomic mass is 10.1. The highest BCUT2D eigenvalue weighted by Crippen LogP contribution is 2.00. The van der Waals surface area contributed by atoms with Gasteiger partial charge in [-0.2, -0.15) is 0 Å². The standard InChI is InChI=1S/C12H26N2O/c1-6-11(3)12(15)13-9-8-10-14(4,5)7-2/h11H,6-10H2,1-5H3/p+1. The molecule has 1 atom stereocenters. The van der Waals surface area contributed by atoms with E-state index in [1.807, 2.05) is 13.8 Å². The fourth-order valence-electron chi connectivity index (χ4n) is 1.24. The number of amides is 1. The number of hydrogen-bond acceptors (Lipinski definition) is 1. The fourth-order valence-corrected chi connectivity index (χ4v) is 1.24. The van der Waals surface area contributed by atoms with E-state index in [-0.39, 0.29) is 11.8 Å². The Bertz CT molecular complexity index is 190. The van der Waals surface area contributed by atoms with Gasteiger partial charge in [-0.25, -0.2) is 0 Å². The molecule has 0 bridgehead atoms. The van der Waals surface area contributed by atoms with E-state index in [2.05, 4.69) is 26.3 Å². The van der Waals surface area contributed by atoms with E-state index in [0.717, 1.165) is 37.0 Å². The first-order chi connectivity index (χ1) is 6.93. The van der Waals surface area contributed by atoms with Gasteiger partial charge in [0.2, 0.25) is 5.91 Å². The summed E-state index contributed by atoms with van der Waals surface area (Å²) in [7, 11) is 4.44. The molecule has 0 aliphatic heterocycles. The van der Waals surface area contributed by atoms with E-state index in [1.54, 1.807) is 0 Å². The molecule has 3 heteroatoms. The molecule has 0 aromatic carbocycles. The van der Waals surface area contributed by atoms with Crippen molar-refractivity contribution >= 4 is 5.91 Å². The molecule has 0 heterocycles. The molecule has 1 amide bonds. The van der Waals surface area contributed by atoms with Crippen molar-refractivity contribution in [1.82, 2.24) is 5.32 Å². The zero-order valence-corrected chi connectivity index (χ0v) is 11.0. The molecule has 0 aliphatic carbocycles. The maximum Gasteiger partial charge on any atom is 0.222 e. The van der Waals surface area contributed by atoms with Crippen LogP contribution in [0.25, 0.3) is 0 Å². The summed E-state index contributed by atoms with van der Waals surface area (Å²) in [6.07, 6.45) is 1.98. The third-order valence-electron chi connectivity index (χ3n) is 3.16. The quantitative estimate of drug-likeness (QED) is 0.507. The normalized spacial score (nSPS) is 13.7. The number of quaternary nitrogens is 1. The van der Waals surface area contributed by atoms with Gasteiger partial charge in [0.05, 0.1) is 27.2 Å². The van der Waals surface area contributed by atoms with Gasteiger partial charge in [0.1, 0.15) is 0 Å². The first kappa shape index (κ1) is 14.4. The van der Waals surface area contributed by atoms with Crippen molar-refractivity contribution in [3.63, 3.8) is 0 Å². The van der Waals surface area contributed by atoms with Crippen LogP contribution in [0.15, 0.2) is 0 Å². The SMILES string of the molecule is CCC(C)C(=O)NCCC[N+](C)(C)CC. The van der Waals surface area contributed by atoms with Crippen LogP contribution in [-0.4, -0.2) is 44.1 Å². The van der Waals surface area contributed by atoms with Crippen LogP contribution >= 0.6 is 0 Å². The molecular weight excluding hydrogens is 188 g/mol. The summed E-state index contributed by atoms with van der Waals surface area (Å²) < 4.78 is 1.03. The number of nitrogens with zero attached hydrogens (tertiary/aromatic N) is 1. The van der Waals surface area contributed by atoms with Crippen LogP contribution in [0, 0.1) is 5.92 Å². The average molecular weight is 215 g/mol. The summed E-state index contributed by atoms with van der Waals surface area (Å²) >= 11 is 0. The van der Waals surface area contributed by atoms with Crippen LogP contribution < -0.4 is 5.32 Å². The van der Waals surface area contributed by atoms with Crippen LogP contribution in [0.4, 0.5) is 0 Å². The van der Waals surface area contributed by atoms with Crippen molar-refractivity contribution in [2.75, 3.05) is 33.7 Å². The second kappa shape index (κ2) is 6.83. The zero-order chi connectivity index (χ0) is 11.9. The number of rotatable bonds is 7. The summed E-state index contributed by atoms with van der Waals surface area (Å²) in [4.78, 5) is 11.5. The summed E-state index contributed by atoms with van der Waals surface area (Å²) in [5.74, 6) is 0.345. The minimum atomic E-state index is 0.152. The van der Waals surface area contributed by atoms with E-state index in [0.29, 0.717) is 0 Å². The molecule has 15 heavy (non-hydrogen) atoms. The minimum Gasteiger partial charge on any atom is -0.356 e. The van der Waals surface area contributed by atoms with Gasteiger partial charge < -0.3 is 9.80 Å². The van der Waals surface area contributed by atoms with E-state index < -0.39 is 0 Å². The first-order valence-electron chi connectivity index (χ1n) is 6.02. The van der Waals surface area contributed by atoms with Gasteiger partial charge in [-0.15, -0.1) is 0 Å². The van der Waals surface area contributed by atoms with Gasteiger partial charge in [0.15, 0.2) is 0 Å². The van der Waals surface area contributed by atoms with Crippen LogP contribution in [0.1, 0.15) is 33.6 Å². The molecule has 0 saturated heterocycles. The Balaban J connectivity index is 3.59. The molecule has 0 radical (unpaired) electrons. The van der Waals surface area contributed by atoms with Crippen molar-refractivity contribution in [3.8, 4) is 0 Å². The molecule has 1 unspecified atom stereocenters. The third-order valence-corrected chi connectivity index (χ3v) is 3.16. The highest BCUT2D eigenvalue weighted by atomic mass is 16.1. The molecule has 0 rings (SSSR count). The van der Waals surface area contributed by atoms with Crippen LogP contribution in [0.5, 0.6) is 0 Å². The van der Waals surface area contributed by atoms with Gasteiger partial charge in [0, 0.05) is 18.9 Å². The van der Waals surface area contributed by atoms with Crippen LogP contribution in [0.3, 0.4) is 0 Å². The molecule has 0 saturated carbocycles. The molecule has 1 N–H and O–H groups in total. The molecule has 3 nitrogen and oxygen atoms in total. The maximum atomic E-state index is 11.5. The summed E-state index contributed by atoms with van der Waals surface area (Å²) in [6, 6.07) is 0. The summed E-state index contributed by atoms with van der Waals surface area (Å²) in [5, 5.41) is 2.98. The highest BCUT2D eigenvalue weighted by molar-refractivity contribution is 5.78. The topological polar surface area (TPSA) is 29.1 Å². The van der Waals surface area contributed by atoms with Crippen molar-refractivity contribution in [1.29, 1.82) is 0 Å². The van der Waals surface area contributed by atoms with E-state index in [4.69, 9.17) is 0 Å². The number of nitrogens with one attached hydrogen (secondary N) is 1. The van der Waals surface area contributed by atoms with Crippen molar-refractivity contribution in [2.24, 2.45) is 5.92 Å². The molecule has 90 valence electrons. The lowest BCUT2D eigenvalue weighted by Crippen LogP contribution is -2.41. The van der Waals surface area contributed by atoms with Gasteiger partial charge in [0.25, 0.3) is 0 Å².